The number of nitrogens with zero attached hydrogens (tertiary/aromatic N) is 6. The number of aryl methyl sites for hydroxylation is 1. The van der Waals surface area contributed by atoms with Gasteiger partial charge in [0.2, 0.25) is 0 Å². The van der Waals surface area contributed by atoms with Crippen molar-refractivity contribution in [2.45, 2.75) is 6.92 Å². The molecule has 2 aromatic heterocycles. The van der Waals surface area contributed by atoms with Gasteiger partial charge in [0.1, 0.15) is 5.76 Å². The van der Waals surface area contributed by atoms with Crippen LogP contribution in [0.3, 0.4) is 0 Å². The van der Waals surface area contributed by atoms with Crippen molar-refractivity contribution in [3.05, 3.63) is 29.8 Å². The third-order valence-electron chi connectivity index (χ3n) is 4.74. The standard InChI is InChI=1S/C17H22N6O3/c1-13-10-15(20-26-13)17(24)23-4-2-22(3-5-23)16-11-14(12-18-19-16)21-6-8-25-9-7-21/h10-12H,2-9H2,1H3. The average molecular weight is 358 g/mol. The van der Waals surface area contributed by atoms with Crippen LogP contribution in [0.15, 0.2) is 22.9 Å². The normalized spacial score (nSPS) is 18.3. The van der Waals surface area contributed by atoms with E-state index in [0.29, 0.717) is 37.6 Å². The number of carbonyl (C=O) groups excluding carboxylic acids is 1. The molecular formula is C17H22N6O3. The molecule has 2 aromatic rings. The Bertz CT molecular complexity index is 765. The first kappa shape index (κ1) is 16.8. The Kier molecular flexibility index (Phi) is 4.70. The zero-order valence-corrected chi connectivity index (χ0v) is 14.8. The largest absolute Gasteiger partial charge is 0.378 e. The summed E-state index contributed by atoms with van der Waals surface area (Å²) in [6, 6.07) is 3.74. The Morgan fingerprint density at radius 3 is 2.50 bits per heavy atom. The third kappa shape index (κ3) is 3.48. The Balaban J connectivity index is 1.39. The van der Waals surface area contributed by atoms with E-state index >= 15 is 0 Å². The van der Waals surface area contributed by atoms with Crippen molar-refractivity contribution in [3.63, 3.8) is 0 Å². The van der Waals surface area contributed by atoms with Crippen LogP contribution in [0.2, 0.25) is 0 Å². The zero-order chi connectivity index (χ0) is 17.9. The quantitative estimate of drug-likeness (QED) is 0.787. The zero-order valence-electron chi connectivity index (χ0n) is 14.8. The van der Waals surface area contributed by atoms with Gasteiger partial charge in [-0.1, -0.05) is 5.16 Å². The molecule has 9 nitrogen and oxygen atoms in total. The van der Waals surface area contributed by atoms with E-state index in [0.717, 1.165) is 37.8 Å². The number of carbonyl (C=O) groups is 1. The molecule has 0 N–H and O–H groups in total. The third-order valence-corrected chi connectivity index (χ3v) is 4.74. The van der Waals surface area contributed by atoms with E-state index in [-0.39, 0.29) is 5.91 Å². The van der Waals surface area contributed by atoms with Gasteiger partial charge in [-0.3, -0.25) is 4.79 Å². The molecule has 4 heterocycles. The van der Waals surface area contributed by atoms with Crippen LogP contribution in [0.1, 0.15) is 16.2 Å². The summed E-state index contributed by atoms with van der Waals surface area (Å²) in [7, 11) is 0. The molecule has 0 bridgehead atoms. The molecule has 2 aliphatic rings. The summed E-state index contributed by atoms with van der Waals surface area (Å²) in [5.41, 5.74) is 1.43. The molecule has 0 aromatic carbocycles. The average Bonchev–Trinajstić information content (AvgIpc) is 3.15. The van der Waals surface area contributed by atoms with Gasteiger partial charge in [-0.15, -0.1) is 5.10 Å². The van der Waals surface area contributed by atoms with Gasteiger partial charge >= 0.3 is 0 Å². The van der Waals surface area contributed by atoms with Crippen LogP contribution >= 0.6 is 0 Å². The second-order valence-electron chi connectivity index (χ2n) is 6.47. The fourth-order valence-electron chi connectivity index (χ4n) is 3.26. The van der Waals surface area contributed by atoms with E-state index in [9.17, 15) is 4.79 Å². The van der Waals surface area contributed by atoms with Gasteiger partial charge < -0.3 is 24.0 Å². The predicted molar refractivity (Wildman–Crippen MR) is 94.4 cm³/mol. The Morgan fingerprint density at radius 2 is 1.81 bits per heavy atom. The fraction of sp³-hybridized carbons (Fsp3) is 0.529. The van der Waals surface area contributed by atoms with Crippen molar-refractivity contribution in [3.8, 4) is 0 Å². The highest BCUT2D eigenvalue weighted by molar-refractivity contribution is 5.92. The lowest BCUT2D eigenvalue weighted by atomic mass is 10.2. The molecule has 26 heavy (non-hydrogen) atoms. The minimum atomic E-state index is -0.0883. The van der Waals surface area contributed by atoms with Crippen molar-refractivity contribution in [2.24, 2.45) is 0 Å². The maximum Gasteiger partial charge on any atom is 0.276 e. The summed E-state index contributed by atoms with van der Waals surface area (Å²) < 4.78 is 10.4. The minimum absolute atomic E-state index is 0.0883. The van der Waals surface area contributed by atoms with Crippen LogP contribution in [0.25, 0.3) is 0 Å². The molecule has 0 unspecified atom stereocenters. The Hall–Kier alpha value is -2.68. The Morgan fingerprint density at radius 1 is 1.04 bits per heavy atom. The molecule has 2 fully saturated rings. The van der Waals surface area contributed by atoms with E-state index in [1.807, 2.05) is 0 Å². The maximum absolute atomic E-state index is 12.5. The van der Waals surface area contributed by atoms with Gasteiger partial charge in [0.25, 0.3) is 5.91 Å². The van der Waals surface area contributed by atoms with Crippen molar-refractivity contribution < 1.29 is 14.1 Å². The number of aromatic nitrogens is 3. The molecule has 4 rings (SSSR count). The van der Waals surface area contributed by atoms with Crippen molar-refractivity contribution >= 4 is 17.4 Å². The number of ether oxygens (including phenoxy) is 1. The summed E-state index contributed by atoms with van der Waals surface area (Å²) >= 11 is 0. The first-order chi connectivity index (χ1) is 12.7. The van der Waals surface area contributed by atoms with Gasteiger partial charge in [0, 0.05) is 51.4 Å². The van der Waals surface area contributed by atoms with Crippen LogP contribution < -0.4 is 9.80 Å². The van der Waals surface area contributed by atoms with E-state index < -0.39 is 0 Å². The lowest BCUT2D eigenvalue weighted by molar-refractivity contribution is 0.0736. The number of amides is 1. The van der Waals surface area contributed by atoms with Gasteiger partial charge in [-0.25, -0.2) is 0 Å². The topological polar surface area (TPSA) is 87.8 Å². The minimum Gasteiger partial charge on any atom is -0.378 e. The monoisotopic (exact) mass is 358 g/mol. The summed E-state index contributed by atoms with van der Waals surface area (Å²) in [4.78, 5) is 18.7. The van der Waals surface area contributed by atoms with Crippen LogP contribution in [-0.4, -0.2) is 78.6 Å². The maximum atomic E-state index is 12.5. The fourth-order valence-corrected chi connectivity index (χ4v) is 3.26. The second-order valence-corrected chi connectivity index (χ2v) is 6.47. The second kappa shape index (κ2) is 7.28. The summed E-state index contributed by atoms with van der Waals surface area (Å²) in [5.74, 6) is 1.40. The van der Waals surface area contributed by atoms with Crippen molar-refractivity contribution in [1.82, 2.24) is 20.3 Å². The molecule has 0 aliphatic carbocycles. The van der Waals surface area contributed by atoms with E-state index in [1.54, 1.807) is 24.1 Å². The highest BCUT2D eigenvalue weighted by Crippen LogP contribution is 2.21. The molecule has 0 atom stereocenters. The predicted octanol–water partition coefficient (Wildman–Crippen LogP) is 0.572. The van der Waals surface area contributed by atoms with Crippen LogP contribution in [0.4, 0.5) is 11.5 Å². The number of piperazine rings is 1. The van der Waals surface area contributed by atoms with Crippen LogP contribution in [0.5, 0.6) is 0 Å². The molecule has 138 valence electrons. The number of rotatable bonds is 3. The van der Waals surface area contributed by atoms with E-state index in [4.69, 9.17) is 9.26 Å². The first-order valence-electron chi connectivity index (χ1n) is 8.84. The number of hydrogen-bond acceptors (Lipinski definition) is 8. The van der Waals surface area contributed by atoms with Gasteiger partial charge in [-0.05, 0) is 6.92 Å². The molecule has 1 amide bonds. The van der Waals surface area contributed by atoms with Crippen LogP contribution in [-0.2, 0) is 4.74 Å². The number of morpholine rings is 1. The highest BCUT2D eigenvalue weighted by Gasteiger charge is 2.25. The van der Waals surface area contributed by atoms with E-state index in [1.165, 1.54) is 0 Å². The number of anilines is 2. The highest BCUT2D eigenvalue weighted by atomic mass is 16.5. The van der Waals surface area contributed by atoms with Crippen molar-refractivity contribution in [2.75, 3.05) is 62.3 Å². The smallest absolute Gasteiger partial charge is 0.276 e. The summed E-state index contributed by atoms with van der Waals surface area (Å²) in [6.07, 6.45) is 1.79. The van der Waals surface area contributed by atoms with Gasteiger partial charge in [-0.2, -0.15) is 5.10 Å². The number of hydrogen-bond donors (Lipinski definition) is 0. The first-order valence-corrected chi connectivity index (χ1v) is 8.84. The molecule has 0 radical (unpaired) electrons. The molecule has 0 saturated carbocycles. The molecule has 2 aliphatic heterocycles. The molecular weight excluding hydrogens is 336 g/mol. The Labute approximate surface area is 151 Å². The van der Waals surface area contributed by atoms with E-state index in [2.05, 4.69) is 31.2 Å². The lowest BCUT2D eigenvalue weighted by Gasteiger charge is -2.35. The molecule has 0 spiro atoms. The lowest BCUT2D eigenvalue weighted by Crippen LogP contribution is -2.49. The van der Waals surface area contributed by atoms with Gasteiger partial charge in [0.05, 0.1) is 25.1 Å². The van der Waals surface area contributed by atoms with Crippen molar-refractivity contribution in [1.29, 1.82) is 0 Å². The summed E-state index contributed by atoms with van der Waals surface area (Å²) in [5, 5.41) is 12.3. The molecule has 2 saturated heterocycles. The summed E-state index contributed by atoms with van der Waals surface area (Å²) in [6.45, 7) is 7.65. The molecule has 9 heteroatoms. The SMILES string of the molecule is Cc1cc(C(=O)N2CCN(c3cc(N4CCOCC4)cnn3)CC2)no1. The van der Waals surface area contributed by atoms with Gasteiger partial charge in [0.15, 0.2) is 11.5 Å². The van der Waals surface area contributed by atoms with Crippen LogP contribution in [0, 0.1) is 6.92 Å².